The van der Waals surface area contributed by atoms with Crippen molar-refractivity contribution >= 4 is 37.3 Å². The van der Waals surface area contributed by atoms with Crippen LogP contribution in [0.15, 0.2) is 47.4 Å². The summed E-state index contributed by atoms with van der Waals surface area (Å²) in [6, 6.07) is 11.5. The van der Waals surface area contributed by atoms with Gasteiger partial charge in [-0.25, -0.2) is 16.8 Å². The summed E-state index contributed by atoms with van der Waals surface area (Å²) in [4.78, 5) is 12.5. The zero-order valence-electron chi connectivity index (χ0n) is 19.7. The van der Waals surface area contributed by atoms with Gasteiger partial charge in [0, 0.05) is 31.7 Å². The average Bonchev–Trinajstić information content (AvgIpc) is 2.79. The summed E-state index contributed by atoms with van der Waals surface area (Å²) in [5.74, 6) is -0.280. The molecule has 2 aromatic carbocycles. The van der Waals surface area contributed by atoms with Crippen LogP contribution in [0, 0.1) is 13.8 Å². The van der Waals surface area contributed by atoms with Crippen LogP contribution < -0.4 is 9.62 Å². The predicted molar refractivity (Wildman–Crippen MR) is 132 cm³/mol. The lowest BCUT2D eigenvalue weighted by molar-refractivity contribution is -0.116. The topological polar surface area (TPSA) is 113 Å². The Morgan fingerprint density at radius 3 is 2.24 bits per heavy atom. The lowest BCUT2D eigenvalue weighted by atomic mass is 10.1. The van der Waals surface area contributed by atoms with Crippen molar-refractivity contribution in [3.05, 3.63) is 53.6 Å². The van der Waals surface area contributed by atoms with E-state index in [1.807, 2.05) is 26.0 Å². The maximum atomic E-state index is 12.7. The summed E-state index contributed by atoms with van der Waals surface area (Å²) in [6.45, 7) is 5.41. The van der Waals surface area contributed by atoms with Crippen molar-refractivity contribution in [2.75, 3.05) is 48.7 Å². The highest BCUT2D eigenvalue weighted by Crippen LogP contribution is 2.22. The number of sulfonamides is 2. The van der Waals surface area contributed by atoms with Crippen LogP contribution in [-0.4, -0.2) is 66.2 Å². The second-order valence-electron chi connectivity index (χ2n) is 8.30. The molecule has 1 heterocycles. The van der Waals surface area contributed by atoms with E-state index >= 15 is 0 Å². The number of hydrogen-bond donors (Lipinski definition) is 1. The molecule has 2 aromatic rings. The number of hydrogen-bond acceptors (Lipinski definition) is 6. The summed E-state index contributed by atoms with van der Waals surface area (Å²) in [5.41, 5.74) is 3.10. The second kappa shape index (κ2) is 10.9. The van der Waals surface area contributed by atoms with Gasteiger partial charge in [0.1, 0.15) is 0 Å². The third-order valence-electron chi connectivity index (χ3n) is 5.69. The van der Waals surface area contributed by atoms with Gasteiger partial charge in [0.25, 0.3) is 0 Å². The molecule has 11 heteroatoms. The molecule has 0 spiro atoms. The number of rotatable bonds is 9. The Bertz CT molecular complexity index is 1220. The SMILES string of the molecule is Cc1ccc(N(CCCC(=O)Nc2ccc(S(=O)(=O)N3CCOCC3)cc2)S(C)(=O)=O)cc1C. The van der Waals surface area contributed by atoms with Crippen LogP contribution in [0.5, 0.6) is 0 Å². The van der Waals surface area contributed by atoms with Gasteiger partial charge >= 0.3 is 0 Å². The van der Waals surface area contributed by atoms with E-state index in [1.165, 1.54) is 20.7 Å². The first-order valence-electron chi connectivity index (χ1n) is 11.0. The van der Waals surface area contributed by atoms with E-state index in [9.17, 15) is 21.6 Å². The second-order valence-corrected chi connectivity index (χ2v) is 12.1. The van der Waals surface area contributed by atoms with Crippen molar-refractivity contribution in [1.82, 2.24) is 4.31 Å². The maximum absolute atomic E-state index is 12.7. The Labute approximate surface area is 201 Å². The lowest BCUT2D eigenvalue weighted by Gasteiger charge is -2.26. The normalized spacial score (nSPS) is 15.1. The molecule has 0 atom stereocenters. The van der Waals surface area contributed by atoms with E-state index in [4.69, 9.17) is 4.74 Å². The van der Waals surface area contributed by atoms with Gasteiger partial charge in [0.05, 0.1) is 30.1 Å². The molecule has 1 fully saturated rings. The summed E-state index contributed by atoms with van der Waals surface area (Å²) in [7, 11) is -7.10. The third kappa shape index (κ3) is 6.56. The molecule has 0 bridgehead atoms. The third-order valence-corrected chi connectivity index (χ3v) is 8.80. The molecule has 1 saturated heterocycles. The first-order chi connectivity index (χ1) is 16.0. The number of amides is 1. The molecule has 34 heavy (non-hydrogen) atoms. The molecule has 186 valence electrons. The van der Waals surface area contributed by atoms with Crippen molar-refractivity contribution in [2.24, 2.45) is 0 Å². The molecular formula is C23H31N3O6S2. The van der Waals surface area contributed by atoms with Gasteiger partial charge in [-0.15, -0.1) is 0 Å². The van der Waals surface area contributed by atoms with Crippen LogP contribution in [0.1, 0.15) is 24.0 Å². The van der Waals surface area contributed by atoms with Crippen LogP contribution in [-0.2, 0) is 29.6 Å². The predicted octanol–water partition coefficient (Wildman–Crippen LogP) is 2.51. The highest BCUT2D eigenvalue weighted by molar-refractivity contribution is 7.92. The number of ether oxygens (including phenoxy) is 1. The highest BCUT2D eigenvalue weighted by Gasteiger charge is 2.26. The number of aryl methyl sites for hydroxylation is 2. The van der Waals surface area contributed by atoms with Gasteiger partial charge in [-0.1, -0.05) is 6.07 Å². The molecule has 0 aromatic heterocycles. The summed E-state index contributed by atoms with van der Waals surface area (Å²) < 4.78 is 57.9. The molecule has 0 radical (unpaired) electrons. The largest absolute Gasteiger partial charge is 0.379 e. The van der Waals surface area contributed by atoms with E-state index in [0.29, 0.717) is 44.1 Å². The zero-order valence-corrected chi connectivity index (χ0v) is 21.3. The number of benzene rings is 2. The standard InChI is InChI=1S/C23H31N3O6S2/c1-18-6-9-21(17-19(18)2)26(33(3,28)29)12-4-5-23(27)24-20-7-10-22(11-8-20)34(30,31)25-13-15-32-16-14-25/h6-11,17H,4-5,12-16H2,1-3H3,(H,24,27). The Morgan fingerprint density at radius 1 is 1.00 bits per heavy atom. The minimum Gasteiger partial charge on any atom is -0.379 e. The maximum Gasteiger partial charge on any atom is 0.243 e. The average molecular weight is 510 g/mol. The Morgan fingerprint density at radius 2 is 1.65 bits per heavy atom. The fourth-order valence-corrected chi connectivity index (χ4v) is 5.99. The number of morpholine rings is 1. The molecule has 0 aliphatic carbocycles. The van der Waals surface area contributed by atoms with E-state index < -0.39 is 20.0 Å². The van der Waals surface area contributed by atoms with E-state index in [-0.39, 0.29) is 23.8 Å². The Balaban J connectivity index is 1.57. The monoisotopic (exact) mass is 509 g/mol. The molecule has 0 unspecified atom stereocenters. The van der Waals surface area contributed by atoms with Crippen LogP contribution in [0.3, 0.4) is 0 Å². The van der Waals surface area contributed by atoms with Gasteiger partial charge in [0.2, 0.25) is 26.0 Å². The lowest BCUT2D eigenvalue weighted by Crippen LogP contribution is -2.40. The smallest absolute Gasteiger partial charge is 0.243 e. The molecule has 1 aliphatic heterocycles. The van der Waals surface area contributed by atoms with Crippen molar-refractivity contribution in [2.45, 2.75) is 31.6 Å². The molecule has 1 N–H and O–H groups in total. The molecular weight excluding hydrogens is 478 g/mol. The van der Waals surface area contributed by atoms with Crippen LogP contribution >= 0.6 is 0 Å². The van der Waals surface area contributed by atoms with Gasteiger partial charge in [-0.2, -0.15) is 4.31 Å². The van der Waals surface area contributed by atoms with Crippen molar-refractivity contribution < 1.29 is 26.4 Å². The summed E-state index contributed by atoms with van der Waals surface area (Å²) in [6.07, 6.45) is 1.59. The fourth-order valence-electron chi connectivity index (χ4n) is 3.62. The molecule has 3 rings (SSSR count). The van der Waals surface area contributed by atoms with E-state index in [1.54, 1.807) is 18.2 Å². The van der Waals surface area contributed by atoms with Crippen molar-refractivity contribution in [1.29, 1.82) is 0 Å². The van der Waals surface area contributed by atoms with E-state index in [0.717, 1.165) is 17.4 Å². The van der Waals surface area contributed by atoms with Crippen LogP contribution in [0.4, 0.5) is 11.4 Å². The Hall–Kier alpha value is -2.47. The number of anilines is 2. The molecule has 1 aliphatic rings. The number of carbonyl (C=O) groups is 1. The quantitative estimate of drug-likeness (QED) is 0.556. The Kier molecular flexibility index (Phi) is 8.34. The highest BCUT2D eigenvalue weighted by atomic mass is 32.2. The van der Waals surface area contributed by atoms with Gasteiger partial charge in [-0.3, -0.25) is 9.10 Å². The van der Waals surface area contributed by atoms with Gasteiger partial charge in [0.15, 0.2) is 0 Å². The zero-order chi connectivity index (χ0) is 24.9. The molecule has 1 amide bonds. The molecule has 0 saturated carbocycles. The first-order valence-corrected chi connectivity index (χ1v) is 14.3. The van der Waals surface area contributed by atoms with E-state index in [2.05, 4.69) is 5.32 Å². The molecule has 9 nitrogen and oxygen atoms in total. The number of nitrogens with zero attached hydrogens (tertiary/aromatic N) is 2. The minimum absolute atomic E-state index is 0.116. The number of nitrogens with one attached hydrogen (secondary N) is 1. The fraction of sp³-hybridized carbons (Fsp3) is 0.435. The van der Waals surface area contributed by atoms with Crippen LogP contribution in [0.2, 0.25) is 0 Å². The summed E-state index contributed by atoms with van der Waals surface area (Å²) in [5, 5.41) is 2.73. The number of carbonyl (C=O) groups excluding carboxylic acids is 1. The summed E-state index contributed by atoms with van der Waals surface area (Å²) >= 11 is 0. The first kappa shape index (κ1) is 26.1. The van der Waals surface area contributed by atoms with Crippen LogP contribution in [0.25, 0.3) is 0 Å². The van der Waals surface area contributed by atoms with Gasteiger partial charge < -0.3 is 10.1 Å². The van der Waals surface area contributed by atoms with Gasteiger partial charge in [-0.05, 0) is 67.8 Å². The minimum atomic E-state index is -3.60. The van der Waals surface area contributed by atoms with Crippen molar-refractivity contribution in [3.8, 4) is 0 Å². The van der Waals surface area contributed by atoms with Crippen molar-refractivity contribution in [3.63, 3.8) is 0 Å².